The summed E-state index contributed by atoms with van der Waals surface area (Å²) in [6.07, 6.45) is -0.380. The molecule has 17 heavy (non-hydrogen) atoms. The average molecular weight is 235 g/mol. The molecule has 1 aromatic carbocycles. The summed E-state index contributed by atoms with van der Waals surface area (Å²) in [7, 11) is 0. The van der Waals surface area contributed by atoms with Gasteiger partial charge in [0.15, 0.2) is 0 Å². The molecule has 92 valence electrons. The first-order valence-corrected chi connectivity index (χ1v) is 5.78. The molecule has 1 N–H and O–H groups in total. The van der Waals surface area contributed by atoms with E-state index in [1.807, 2.05) is 39.0 Å². The maximum absolute atomic E-state index is 11.0. The van der Waals surface area contributed by atoms with Gasteiger partial charge in [0.25, 0.3) is 0 Å². The maximum atomic E-state index is 11.0. The zero-order valence-corrected chi connectivity index (χ0v) is 10.3. The molecule has 2 rings (SSSR count). The molecule has 1 aliphatic rings. The zero-order valence-electron chi connectivity index (χ0n) is 10.3. The Balaban J connectivity index is 2.16. The molecule has 0 bridgehead atoms. The third-order valence-corrected chi connectivity index (χ3v) is 2.61. The molecule has 0 spiro atoms. The Morgan fingerprint density at radius 3 is 2.76 bits per heavy atom. The van der Waals surface area contributed by atoms with Crippen LogP contribution in [0.25, 0.3) is 0 Å². The minimum atomic E-state index is -0.352. The van der Waals surface area contributed by atoms with Crippen molar-refractivity contribution in [3.63, 3.8) is 0 Å². The van der Waals surface area contributed by atoms with E-state index in [1.54, 1.807) is 0 Å². The van der Waals surface area contributed by atoms with Gasteiger partial charge in [0.05, 0.1) is 12.6 Å². The van der Waals surface area contributed by atoms with Gasteiger partial charge in [0.1, 0.15) is 11.9 Å². The lowest BCUT2D eigenvalue weighted by Crippen LogP contribution is -2.12. The van der Waals surface area contributed by atoms with Crippen molar-refractivity contribution in [1.29, 1.82) is 0 Å². The van der Waals surface area contributed by atoms with Gasteiger partial charge in [-0.3, -0.25) is 0 Å². The van der Waals surface area contributed by atoms with Crippen LogP contribution in [0.4, 0.5) is 4.79 Å². The monoisotopic (exact) mass is 235 g/mol. The van der Waals surface area contributed by atoms with Gasteiger partial charge in [-0.2, -0.15) is 0 Å². The van der Waals surface area contributed by atoms with Crippen LogP contribution in [0.15, 0.2) is 18.2 Å². The van der Waals surface area contributed by atoms with Gasteiger partial charge in [0, 0.05) is 0 Å². The Hall–Kier alpha value is -1.71. The van der Waals surface area contributed by atoms with E-state index >= 15 is 0 Å². The molecule has 1 aromatic rings. The van der Waals surface area contributed by atoms with Crippen molar-refractivity contribution in [3.8, 4) is 5.75 Å². The first-order chi connectivity index (χ1) is 8.06. The number of carbonyl (C=O) groups is 1. The Morgan fingerprint density at radius 1 is 1.47 bits per heavy atom. The van der Waals surface area contributed by atoms with E-state index in [0.717, 1.165) is 16.9 Å². The minimum absolute atomic E-state index is 0.158. The third-order valence-electron chi connectivity index (χ3n) is 2.61. The van der Waals surface area contributed by atoms with E-state index < -0.39 is 0 Å². The molecule has 1 atom stereocenters. The van der Waals surface area contributed by atoms with E-state index in [-0.39, 0.29) is 18.3 Å². The number of alkyl carbamates (subject to hydrolysis) is 1. The second-order valence-corrected chi connectivity index (χ2v) is 4.47. The van der Waals surface area contributed by atoms with Crippen LogP contribution >= 0.6 is 0 Å². The molecule has 0 unspecified atom stereocenters. The van der Waals surface area contributed by atoms with E-state index in [0.29, 0.717) is 6.54 Å². The maximum Gasteiger partial charge on any atom is 0.407 e. The van der Waals surface area contributed by atoms with E-state index in [1.165, 1.54) is 0 Å². The Bertz CT molecular complexity index is 429. The van der Waals surface area contributed by atoms with Crippen molar-refractivity contribution in [2.24, 2.45) is 0 Å². The number of amides is 1. The summed E-state index contributed by atoms with van der Waals surface area (Å²) >= 11 is 0. The van der Waals surface area contributed by atoms with Crippen LogP contribution in [0.2, 0.25) is 0 Å². The number of ether oxygens (including phenoxy) is 2. The van der Waals surface area contributed by atoms with Gasteiger partial charge in [-0.25, -0.2) is 4.79 Å². The molecule has 0 aliphatic carbocycles. The Kier molecular flexibility index (Phi) is 3.22. The van der Waals surface area contributed by atoms with Gasteiger partial charge in [-0.15, -0.1) is 0 Å². The van der Waals surface area contributed by atoms with Crippen LogP contribution in [0, 0.1) is 6.92 Å². The third kappa shape index (κ3) is 2.70. The number of hydrogen-bond donors (Lipinski definition) is 1. The summed E-state index contributed by atoms with van der Waals surface area (Å²) in [6, 6.07) is 5.87. The van der Waals surface area contributed by atoms with Gasteiger partial charge in [-0.1, -0.05) is 6.07 Å². The van der Waals surface area contributed by atoms with Crippen molar-refractivity contribution in [3.05, 3.63) is 29.3 Å². The lowest BCUT2D eigenvalue weighted by molar-refractivity contribution is 0.141. The Morgan fingerprint density at radius 2 is 2.24 bits per heavy atom. The predicted molar refractivity (Wildman–Crippen MR) is 64.2 cm³/mol. The number of aryl methyl sites for hydroxylation is 1. The summed E-state index contributed by atoms with van der Waals surface area (Å²) in [5, 5.41) is 2.64. The fraction of sp³-hybridized carbons (Fsp3) is 0.462. The standard InChI is InChI=1S/C13H17NO3/c1-8(2)16-11-5-4-10(6-9(11)3)12-7-14-13(15)17-12/h4-6,8,12H,7H2,1-3H3,(H,14,15)/t12-/m0/s1. The van der Waals surface area contributed by atoms with Gasteiger partial charge >= 0.3 is 6.09 Å². The van der Waals surface area contributed by atoms with Crippen molar-refractivity contribution in [2.75, 3.05) is 6.54 Å². The van der Waals surface area contributed by atoms with Gasteiger partial charge in [-0.05, 0) is 44.0 Å². The van der Waals surface area contributed by atoms with Crippen LogP contribution in [-0.2, 0) is 4.74 Å². The molecular weight excluding hydrogens is 218 g/mol. The summed E-state index contributed by atoms with van der Waals surface area (Å²) in [5.41, 5.74) is 2.05. The van der Waals surface area contributed by atoms with Crippen molar-refractivity contribution < 1.29 is 14.3 Å². The highest BCUT2D eigenvalue weighted by atomic mass is 16.6. The molecule has 1 amide bonds. The van der Waals surface area contributed by atoms with Crippen molar-refractivity contribution in [2.45, 2.75) is 33.0 Å². The van der Waals surface area contributed by atoms with Gasteiger partial charge < -0.3 is 14.8 Å². The molecular formula is C13H17NO3. The first-order valence-electron chi connectivity index (χ1n) is 5.78. The second-order valence-electron chi connectivity index (χ2n) is 4.47. The number of cyclic esters (lactones) is 1. The number of rotatable bonds is 3. The highest BCUT2D eigenvalue weighted by Gasteiger charge is 2.24. The molecule has 4 nitrogen and oxygen atoms in total. The minimum Gasteiger partial charge on any atom is -0.491 e. The smallest absolute Gasteiger partial charge is 0.407 e. The highest BCUT2D eigenvalue weighted by Crippen LogP contribution is 2.26. The summed E-state index contributed by atoms with van der Waals surface area (Å²) < 4.78 is 10.8. The summed E-state index contributed by atoms with van der Waals surface area (Å²) in [4.78, 5) is 11.0. The molecule has 0 aromatic heterocycles. The van der Waals surface area contributed by atoms with E-state index in [4.69, 9.17) is 9.47 Å². The highest BCUT2D eigenvalue weighted by molar-refractivity contribution is 5.69. The molecule has 1 saturated heterocycles. The number of benzene rings is 1. The van der Waals surface area contributed by atoms with E-state index in [9.17, 15) is 4.79 Å². The number of nitrogens with one attached hydrogen (secondary N) is 1. The summed E-state index contributed by atoms with van der Waals surface area (Å²) in [6.45, 7) is 6.51. The lowest BCUT2D eigenvalue weighted by Gasteiger charge is -2.15. The average Bonchev–Trinajstić information content (AvgIpc) is 2.67. The van der Waals surface area contributed by atoms with E-state index in [2.05, 4.69) is 5.32 Å². The van der Waals surface area contributed by atoms with Crippen LogP contribution in [0.3, 0.4) is 0 Å². The molecule has 1 fully saturated rings. The number of hydrogen-bond acceptors (Lipinski definition) is 3. The second kappa shape index (κ2) is 4.65. The largest absolute Gasteiger partial charge is 0.491 e. The van der Waals surface area contributed by atoms with Crippen molar-refractivity contribution in [1.82, 2.24) is 5.32 Å². The zero-order chi connectivity index (χ0) is 12.4. The summed E-state index contributed by atoms with van der Waals surface area (Å²) in [5.74, 6) is 0.876. The van der Waals surface area contributed by atoms with Crippen LogP contribution in [0.1, 0.15) is 31.1 Å². The fourth-order valence-corrected chi connectivity index (χ4v) is 1.83. The van der Waals surface area contributed by atoms with Crippen LogP contribution in [0.5, 0.6) is 5.75 Å². The number of carbonyl (C=O) groups excluding carboxylic acids is 1. The fourth-order valence-electron chi connectivity index (χ4n) is 1.83. The van der Waals surface area contributed by atoms with Gasteiger partial charge in [0.2, 0.25) is 0 Å². The lowest BCUT2D eigenvalue weighted by atomic mass is 10.1. The molecule has 1 aliphatic heterocycles. The quantitative estimate of drug-likeness (QED) is 0.875. The SMILES string of the molecule is Cc1cc([C@@H]2CNC(=O)O2)ccc1OC(C)C. The van der Waals surface area contributed by atoms with Crippen LogP contribution in [-0.4, -0.2) is 18.7 Å². The van der Waals surface area contributed by atoms with Crippen LogP contribution < -0.4 is 10.1 Å². The first kappa shape index (κ1) is 11.8. The predicted octanol–water partition coefficient (Wildman–Crippen LogP) is 2.56. The molecule has 0 radical (unpaired) electrons. The topological polar surface area (TPSA) is 47.6 Å². The molecule has 4 heteroatoms. The normalized spacial score (nSPS) is 19.1. The molecule has 1 heterocycles. The Labute approximate surface area is 101 Å². The van der Waals surface area contributed by atoms with Crippen molar-refractivity contribution >= 4 is 6.09 Å². The molecule has 0 saturated carbocycles.